The van der Waals surface area contributed by atoms with Crippen molar-refractivity contribution in [3.8, 4) is 0 Å². The molecule has 3 heterocycles. The Hall–Kier alpha value is -2.10. The van der Waals surface area contributed by atoms with Gasteiger partial charge >= 0.3 is 0 Å². The molecule has 1 N–H and O–H groups in total. The van der Waals surface area contributed by atoms with Crippen LogP contribution < -0.4 is 0 Å². The van der Waals surface area contributed by atoms with E-state index in [1.807, 2.05) is 58.0 Å². The van der Waals surface area contributed by atoms with Crippen LogP contribution in [0, 0.1) is 17.8 Å². The minimum atomic E-state index is -0.776. The summed E-state index contributed by atoms with van der Waals surface area (Å²) in [6.07, 6.45) is 4.02. The highest BCUT2D eigenvalue weighted by Gasteiger charge is 2.76. The van der Waals surface area contributed by atoms with Gasteiger partial charge in [0.15, 0.2) is 0 Å². The fourth-order valence-electron chi connectivity index (χ4n) is 6.86. The Morgan fingerprint density at radius 3 is 2.35 bits per heavy atom. The maximum Gasteiger partial charge on any atom is 0.247 e. The highest BCUT2D eigenvalue weighted by atomic mass is 79.9. The molecular weight excluding hydrogens is 590 g/mol. The van der Waals surface area contributed by atoms with Gasteiger partial charge in [-0.15, -0.1) is 24.9 Å². The van der Waals surface area contributed by atoms with Crippen LogP contribution in [0.15, 0.2) is 55.6 Å². The monoisotopic (exact) mass is 631 g/mol. The van der Waals surface area contributed by atoms with Gasteiger partial charge in [0, 0.05) is 35.8 Å². The average Bonchev–Trinajstić information content (AvgIpc) is 3.50. The first-order valence-corrected chi connectivity index (χ1v) is 15.9. The van der Waals surface area contributed by atoms with E-state index in [0.29, 0.717) is 26.1 Å². The van der Waals surface area contributed by atoms with E-state index in [0.717, 1.165) is 5.56 Å². The third-order valence-electron chi connectivity index (χ3n) is 8.67. The van der Waals surface area contributed by atoms with Gasteiger partial charge < -0.3 is 19.8 Å². The highest BCUT2D eigenvalue weighted by molar-refractivity contribution is 9.09. The van der Waals surface area contributed by atoms with E-state index in [9.17, 15) is 19.5 Å². The number of amides is 3. The lowest BCUT2D eigenvalue weighted by Gasteiger charge is -2.41. The molecule has 9 heteroatoms. The summed E-state index contributed by atoms with van der Waals surface area (Å²) >= 11 is 5.48. The number of hydrogen-bond acceptors (Lipinski definition) is 5. The normalized spacial score (nSPS) is 29.6. The molecule has 0 radical (unpaired) electrons. The van der Waals surface area contributed by atoms with E-state index in [2.05, 4.69) is 29.1 Å². The van der Waals surface area contributed by atoms with Crippen LogP contribution in [0.2, 0.25) is 0 Å². The summed E-state index contributed by atoms with van der Waals surface area (Å²) in [5.74, 6) is -1.73. The Kier molecular flexibility index (Phi) is 9.57. The summed E-state index contributed by atoms with van der Waals surface area (Å²) in [5, 5.41) is 10.3. The lowest BCUT2D eigenvalue weighted by molar-refractivity contribution is -0.148. The molecule has 0 saturated carbocycles. The van der Waals surface area contributed by atoms with E-state index in [1.54, 1.807) is 38.6 Å². The third kappa shape index (κ3) is 5.18. The fraction of sp³-hybridized carbons (Fsp3) is 0.581. The summed E-state index contributed by atoms with van der Waals surface area (Å²) in [6.45, 7) is 16.4. The molecule has 3 saturated heterocycles. The summed E-state index contributed by atoms with van der Waals surface area (Å²) in [6, 6.07) is 8.40. The Morgan fingerprint density at radius 1 is 1.15 bits per heavy atom. The van der Waals surface area contributed by atoms with Crippen molar-refractivity contribution < 1.29 is 19.5 Å². The van der Waals surface area contributed by atoms with Gasteiger partial charge in [-0.25, -0.2) is 0 Å². The van der Waals surface area contributed by atoms with Crippen molar-refractivity contribution >= 4 is 45.4 Å². The number of likely N-dealkylation sites (tertiary alicyclic amines) is 1. The standard InChI is InChI=1S/C31H42BrN3O4S/c1-7-14-33(17-21-12-10-9-11-13-21)28(37)24-25-29(38)35(23(18-36)19(3)4)27(30(39)34(15-8-2)20(5)6)31(25)16-22(32)26(24)40-31/h7-13,19-20,22-27,36H,1-2,14-18H2,3-6H3/t22?,23-,24+,25-,26+,27?,31?/m0/s1. The molecule has 0 aliphatic carbocycles. The Morgan fingerprint density at radius 2 is 1.80 bits per heavy atom. The minimum absolute atomic E-state index is 0.0217. The fourth-order valence-corrected chi connectivity index (χ4v) is 10.4. The summed E-state index contributed by atoms with van der Waals surface area (Å²) in [7, 11) is 0. The number of alkyl halides is 1. The molecular formula is C31H42BrN3O4S. The Labute approximate surface area is 251 Å². The molecule has 3 fully saturated rings. The van der Waals surface area contributed by atoms with Crippen molar-refractivity contribution in [3.63, 3.8) is 0 Å². The number of aliphatic hydroxyl groups is 1. The maximum atomic E-state index is 14.5. The van der Waals surface area contributed by atoms with Crippen LogP contribution in [0.3, 0.4) is 0 Å². The van der Waals surface area contributed by atoms with Gasteiger partial charge in [-0.1, -0.05) is 72.3 Å². The zero-order valence-corrected chi connectivity index (χ0v) is 26.3. The number of rotatable bonds is 12. The summed E-state index contributed by atoms with van der Waals surface area (Å²) in [5.41, 5.74) is 1.00. The summed E-state index contributed by atoms with van der Waals surface area (Å²) < 4.78 is -0.767. The van der Waals surface area contributed by atoms with E-state index < -0.39 is 28.7 Å². The molecule has 40 heavy (non-hydrogen) atoms. The molecule has 2 bridgehead atoms. The van der Waals surface area contributed by atoms with Crippen LogP contribution in [0.25, 0.3) is 0 Å². The predicted molar refractivity (Wildman–Crippen MR) is 164 cm³/mol. The number of halogens is 1. The smallest absolute Gasteiger partial charge is 0.247 e. The Bertz CT molecular complexity index is 1130. The molecule has 3 amide bonds. The molecule has 7 atom stereocenters. The van der Waals surface area contributed by atoms with Crippen molar-refractivity contribution in [3.05, 3.63) is 61.2 Å². The predicted octanol–water partition coefficient (Wildman–Crippen LogP) is 4.11. The van der Waals surface area contributed by atoms with Crippen LogP contribution in [0.5, 0.6) is 0 Å². The van der Waals surface area contributed by atoms with E-state index in [1.165, 1.54) is 0 Å². The van der Waals surface area contributed by atoms with Crippen LogP contribution >= 0.6 is 27.7 Å². The third-order valence-corrected chi connectivity index (χ3v) is 11.9. The van der Waals surface area contributed by atoms with Gasteiger partial charge in [0.05, 0.1) is 29.2 Å². The summed E-state index contributed by atoms with van der Waals surface area (Å²) in [4.78, 5) is 48.5. The second kappa shape index (κ2) is 12.4. The van der Waals surface area contributed by atoms with Gasteiger partial charge in [-0.2, -0.15) is 0 Å². The zero-order chi connectivity index (χ0) is 29.4. The van der Waals surface area contributed by atoms with E-state index in [4.69, 9.17) is 0 Å². The minimum Gasteiger partial charge on any atom is -0.394 e. The molecule has 3 unspecified atom stereocenters. The van der Waals surface area contributed by atoms with Crippen molar-refractivity contribution in [2.24, 2.45) is 17.8 Å². The van der Waals surface area contributed by atoms with Gasteiger partial charge in [0.25, 0.3) is 0 Å². The number of nitrogens with zero attached hydrogens (tertiary/aromatic N) is 3. The lowest BCUT2D eigenvalue weighted by Crippen LogP contribution is -2.59. The largest absolute Gasteiger partial charge is 0.394 e. The van der Waals surface area contributed by atoms with Crippen molar-refractivity contribution in [2.45, 2.75) is 73.6 Å². The van der Waals surface area contributed by atoms with Crippen LogP contribution in [-0.4, -0.2) is 90.2 Å². The zero-order valence-electron chi connectivity index (χ0n) is 23.9. The second-order valence-electron chi connectivity index (χ2n) is 11.8. The first-order valence-electron chi connectivity index (χ1n) is 14.1. The molecule has 1 aromatic carbocycles. The molecule has 3 aliphatic rings. The van der Waals surface area contributed by atoms with Crippen LogP contribution in [-0.2, 0) is 20.9 Å². The van der Waals surface area contributed by atoms with Gasteiger partial charge in [0.2, 0.25) is 17.7 Å². The maximum absolute atomic E-state index is 14.5. The molecule has 3 aliphatic heterocycles. The van der Waals surface area contributed by atoms with Gasteiger partial charge in [-0.05, 0) is 31.7 Å². The number of benzene rings is 1. The second-order valence-corrected chi connectivity index (χ2v) is 14.5. The number of carbonyl (C=O) groups excluding carboxylic acids is 3. The number of hydrogen-bond donors (Lipinski definition) is 1. The number of aliphatic hydroxyl groups excluding tert-OH is 1. The topological polar surface area (TPSA) is 81.2 Å². The van der Waals surface area contributed by atoms with Crippen molar-refractivity contribution in [1.29, 1.82) is 0 Å². The van der Waals surface area contributed by atoms with Crippen molar-refractivity contribution in [2.75, 3.05) is 19.7 Å². The molecule has 1 aromatic rings. The van der Waals surface area contributed by atoms with Gasteiger partial charge in [0.1, 0.15) is 6.04 Å². The van der Waals surface area contributed by atoms with Gasteiger partial charge in [-0.3, -0.25) is 14.4 Å². The van der Waals surface area contributed by atoms with E-state index in [-0.39, 0.29) is 46.4 Å². The number of carbonyl (C=O) groups is 3. The quantitative estimate of drug-likeness (QED) is 0.277. The molecule has 1 spiro atoms. The Balaban J connectivity index is 1.80. The van der Waals surface area contributed by atoms with Crippen molar-refractivity contribution in [1.82, 2.24) is 14.7 Å². The SMILES string of the molecule is C=CCN(Cc1ccccc1)C(=O)[C@H]1[C@@H]2SC3(CC2Br)C(C(=O)N(CC=C)C(C)C)N([C@@H](CO)C(C)C)C(=O)[C@H]13. The molecule has 4 rings (SSSR count). The molecule has 0 aromatic heterocycles. The number of thioether (sulfide) groups is 1. The molecule has 218 valence electrons. The van der Waals surface area contributed by atoms with E-state index >= 15 is 0 Å². The number of fused-ring (bicyclic) bond motifs is 1. The lowest BCUT2D eigenvalue weighted by atomic mass is 9.70. The first kappa shape index (κ1) is 30.8. The average molecular weight is 633 g/mol. The van der Waals surface area contributed by atoms with Crippen LogP contribution in [0.4, 0.5) is 0 Å². The van der Waals surface area contributed by atoms with Crippen LogP contribution in [0.1, 0.15) is 39.7 Å². The molecule has 7 nitrogen and oxygen atoms in total. The highest BCUT2D eigenvalue weighted by Crippen LogP contribution is 2.68. The first-order chi connectivity index (χ1) is 19.0.